The summed E-state index contributed by atoms with van der Waals surface area (Å²) in [6.07, 6.45) is 3.24. The number of likely N-dealkylation sites (tertiary alicyclic amines) is 1. The molecular weight excluding hydrogens is 364 g/mol. The van der Waals surface area contributed by atoms with E-state index in [0.717, 1.165) is 31.5 Å². The van der Waals surface area contributed by atoms with Gasteiger partial charge in [-0.25, -0.2) is 13.1 Å². The summed E-state index contributed by atoms with van der Waals surface area (Å²) in [6, 6.07) is 15.4. The number of nitrogens with zero attached hydrogens (tertiary/aromatic N) is 1. The number of nitrogens with one attached hydrogen (secondary N) is 1. The van der Waals surface area contributed by atoms with Crippen molar-refractivity contribution in [1.29, 1.82) is 0 Å². The lowest BCUT2D eigenvalue weighted by molar-refractivity contribution is -0.134. The van der Waals surface area contributed by atoms with Gasteiger partial charge in [0, 0.05) is 19.6 Å². The second-order valence-corrected chi connectivity index (χ2v) is 8.28. The molecule has 0 bridgehead atoms. The third-order valence-corrected chi connectivity index (χ3v) is 5.93. The molecule has 7 heteroatoms. The van der Waals surface area contributed by atoms with Gasteiger partial charge in [0.15, 0.2) is 6.61 Å². The maximum atomic E-state index is 12.4. The summed E-state index contributed by atoms with van der Waals surface area (Å²) in [7, 11) is -3.60. The van der Waals surface area contributed by atoms with E-state index >= 15 is 0 Å². The highest BCUT2D eigenvalue weighted by molar-refractivity contribution is 7.89. The predicted molar refractivity (Wildman–Crippen MR) is 103 cm³/mol. The minimum absolute atomic E-state index is 0.0294. The van der Waals surface area contributed by atoms with Crippen molar-refractivity contribution in [2.24, 2.45) is 0 Å². The van der Waals surface area contributed by atoms with Gasteiger partial charge < -0.3 is 9.64 Å². The van der Waals surface area contributed by atoms with Crippen molar-refractivity contribution in [2.45, 2.75) is 30.7 Å². The number of rotatable bonds is 7. The van der Waals surface area contributed by atoms with Gasteiger partial charge in [-0.3, -0.25) is 4.79 Å². The maximum Gasteiger partial charge on any atom is 0.260 e. The zero-order valence-corrected chi connectivity index (χ0v) is 16.0. The molecule has 2 aromatic carbocycles. The Balaban J connectivity index is 1.53. The van der Waals surface area contributed by atoms with Crippen molar-refractivity contribution in [2.75, 3.05) is 19.7 Å². The summed E-state index contributed by atoms with van der Waals surface area (Å²) >= 11 is 0. The fourth-order valence-corrected chi connectivity index (χ4v) is 3.97. The first-order valence-corrected chi connectivity index (χ1v) is 10.6. The fraction of sp³-hybridized carbons (Fsp3) is 0.350. The van der Waals surface area contributed by atoms with Crippen molar-refractivity contribution in [3.8, 4) is 5.75 Å². The molecule has 0 saturated carbocycles. The highest BCUT2D eigenvalue weighted by atomic mass is 32.2. The second kappa shape index (κ2) is 9.01. The number of amides is 1. The van der Waals surface area contributed by atoms with Crippen molar-refractivity contribution < 1.29 is 17.9 Å². The molecule has 1 aliphatic rings. The standard InChI is InChI=1S/C20H24N2O4S/c23-20(22-13-5-2-6-14-22)16-26-18-9-11-19(12-10-18)27(24,25)21-15-17-7-3-1-4-8-17/h1,3-4,7-12,21H,2,5-6,13-16H2. The number of carbonyl (C=O) groups is 1. The lowest BCUT2D eigenvalue weighted by atomic mass is 10.1. The molecule has 1 fully saturated rings. The van der Waals surface area contributed by atoms with E-state index in [0.29, 0.717) is 5.75 Å². The van der Waals surface area contributed by atoms with Gasteiger partial charge in [0.25, 0.3) is 5.91 Å². The van der Waals surface area contributed by atoms with E-state index in [1.165, 1.54) is 18.6 Å². The number of hydrogen-bond acceptors (Lipinski definition) is 4. The summed E-state index contributed by atoms with van der Waals surface area (Å²) in [4.78, 5) is 14.1. The maximum absolute atomic E-state index is 12.4. The molecule has 27 heavy (non-hydrogen) atoms. The third kappa shape index (κ3) is 5.55. The SMILES string of the molecule is O=C(COc1ccc(S(=O)(=O)NCc2ccccc2)cc1)N1CCCCC1. The van der Waals surface area contributed by atoms with Crippen molar-refractivity contribution in [3.63, 3.8) is 0 Å². The van der Waals surface area contributed by atoms with Crippen LogP contribution in [0.1, 0.15) is 24.8 Å². The van der Waals surface area contributed by atoms with Crippen LogP contribution in [0.5, 0.6) is 5.75 Å². The minimum Gasteiger partial charge on any atom is -0.484 e. The van der Waals surface area contributed by atoms with Gasteiger partial charge in [0.2, 0.25) is 10.0 Å². The molecule has 6 nitrogen and oxygen atoms in total. The Morgan fingerprint density at radius 1 is 0.963 bits per heavy atom. The molecular formula is C20H24N2O4S. The number of sulfonamides is 1. The van der Waals surface area contributed by atoms with Crippen LogP contribution >= 0.6 is 0 Å². The Kier molecular flexibility index (Phi) is 6.47. The molecule has 1 N–H and O–H groups in total. The van der Waals surface area contributed by atoms with Crippen LogP contribution in [0.3, 0.4) is 0 Å². The van der Waals surface area contributed by atoms with Crippen LogP contribution < -0.4 is 9.46 Å². The first-order chi connectivity index (χ1) is 13.0. The molecule has 1 aliphatic heterocycles. The Morgan fingerprint density at radius 2 is 1.63 bits per heavy atom. The zero-order chi connectivity index (χ0) is 19.1. The van der Waals surface area contributed by atoms with Crippen LogP contribution in [0, 0.1) is 0 Å². The Bertz CT molecular complexity index is 845. The van der Waals surface area contributed by atoms with Crippen LogP contribution in [0.25, 0.3) is 0 Å². The molecule has 2 aromatic rings. The number of benzene rings is 2. The molecule has 3 rings (SSSR count). The Hall–Kier alpha value is -2.38. The Morgan fingerprint density at radius 3 is 2.30 bits per heavy atom. The Labute approximate surface area is 160 Å². The summed E-state index contributed by atoms with van der Waals surface area (Å²) in [6.45, 7) is 1.77. The number of piperidine rings is 1. The van der Waals surface area contributed by atoms with E-state index in [1.807, 2.05) is 35.2 Å². The molecule has 1 amide bonds. The van der Waals surface area contributed by atoms with E-state index in [9.17, 15) is 13.2 Å². The molecule has 144 valence electrons. The van der Waals surface area contributed by atoms with Gasteiger partial charge in [0.1, 0.15) is 5.75 Å². The van der Waals surface area contributed by atoms with Gasteiger partial charge in [-0.15, -0.1) is 0 Å². The van der Waals surface area contributed by atoms with Gasteiger partial charge in [-0.05, 0) is 49.1 Å². The number of carbonyl (C=O) groups excluding carboxylic acids is 1. The molecule has 0 aliphatic carbocycles. The average Bonchev–Trinajstić information content (AvgIpc) is 2.72. The van der Waals surface area contributed by atoms with Gasteiger partial charge in [-0.2, -0.15) is 0 Å². The first kappa shape index (κ1) is 19.4. The lowest BCUT2D eigenvalue weighted by Crippen LogP contribution is -2.38. The number of ether oxygens (including phenoxy) is 1. The summed E-state index contributed by atoms with van der Waals surface area (Å²) in [5.41, 5.74) is 0.886. The van der Waals surface area contributed by atoms with Crippen LogP contribution in [-0.4, -0.2) is 38.9 Å². The largest absolute Gasteiger partial charge is 0.484 e. The highest BCUT2D eigenvalue weighted by Gasteiger charge is 2.17. The topological polar surface area (TPSA) is 75.7 Å². The molecule has 1 saturated heterocycles. The molecule has 0 unspecified atom stereocenters. The van der Waals surface area contributed by atoms with Crippen molar-refractivity contribution >= 4 is 15.9 Å². The van der Waals surface area contributed by atoms with Crippen molar-refractivity contribution in [3.05, 3.63) is 60.2 Å². The van der Waals surface area contributed by atoms with Gasteiger partial charge in [0.05, 0.1) is 4.90 Å². The van der Waals surface area contributed by atoms with Crippen LogP contribution in [0.4, 0.5) is 0 Å². The smallest absolute Gasteiger partial charge is 0.260 e. The fourth-order valence-electron chi connectivity index (χ4n) is 2.95. The third-order valence-electron chi connectivity index (χ3n) is 4.51. The van der Waals surface area contributed by atoms with E-state index in [4.69, 9.17) is 4.74 Å². The molecule has 0 spiro atoms. The monoisotopic (exact) mass is 388 g/mol. The normalized spacial score (nSPS) is 14.7. The van der Waals surface area contributed by atoms with E-state index in [-0.39, 0.29) is 24.0 Å². The van der Waals surface area contributed by atoms with Crippen LogP contribution in [0.15, 0.2) is 59.5 Å². The second-order valence-electron chi connectivity index (χ2n) is 6.51. The zero-order valence-electron chi connectivity index (χ0n) is 15.1. The van der Waals surface area contributed by atoms with E-state index in [1.54, 1.807) is 12.1 Å². The van der Waals surface area contributed by atoms with E-state index in [2.05, 4.69) is 4.72 Å². The quantitative estimate of drug-likeness (QED) is 0.791. The molecule has 0 aromatic heterocycles. The number of hydrogen-bond donors (Lipinski definition) is 1. The van der Waals surface area contributed by atoms with Crippen LogP contribution in [-0.2, 0) is 21.4 Å². The molecule has 0 radical (unpaired) electrons. The minimum atomic E-state index is -3.60. The average molecular weight is 388 g/mol. The molecule has 1 heterocycles. The summed E-state index contributed by atoms with van der Waals surface area (Å²) in [5, 5.41) is 0. The van der Waals surface area contributed by atoms with Gasteiger partial charge >= 0.3 is 0 Å². The van der Waals surface area contributed by atoms with Crippen molar-refractivity contribution in [1.82, 2.24) is 9.62 Å². The highest BCUT2D eigenvalue weighted by Crippen LogP contribution is 2.17. The predicted octanol–water partition coefficient (Wildman–Crippen LogP) is 2.56. The summed E-state index contributed by atoms with van der Waals surface area (Å²) in [5.74, 6) is 0.443. The van der Waals surface area contributed by atoms with Gasteiger partial charge in [-0.1, -0.05) is 30.3 Å². The summed E-state index contributed by atoms with van der Waals surface area (Å²) < 4.78 is 32.8. The first-order valence-electron chi connectivity index (χ1n) is 9.09. The molecule has 0 atom stereocenters. The lowest BCUT2D eigenvalue weighted by Gasteiger charge is -2.26. The van der Waals surface area contributed by atoms with E-state index < -0.39 is 10.0 Å². The van der Waals surface area contributed by atoms with Crippen LogP contribution in [0.2, 0.25) is 0 Å².